The van der Waals surface area contributed by atoms with Crippen LogP contribution in [0.3, 0.4) is 0 Å². The van der Waals surface area contributed by atoms with Gasteiger partial charge in [0, 0.05) is 26.7 Å². The molecule has 0 spiro atoms. The third kappa shape index (κ3) is 7.74. The van der Waals surface area contributed by atoms with Crippen LogP contribution in [0.4, 0.5) is 0 Å². The molecule has 1 unspecified atom stereocenters. The zero-order chi connectivity index (χ0) is 16.4. The number of guanidine groups is 1. The number of hydrogen-bond acceptors (Lipinski definition) is 4. The SMILES string of the molecule is CN=C(NCCc1cc(OC)ccc1OC)NC(C)COC.I. The first-order valence-corrected chi connectivity index (χ1v) is 7.31. The molecule has 0 aliphatic rings. The Morgan fingerprint density at radius 1 is 1.22 bits per heavy atom. The van der Waals surface area contributed by atoms with Crippen molar-refractivity contribution in [1.82, 2.24) is 10.6 Å². The Labute approximate surface area is 156 Å². The van der Waals surface area contributed by atoms with E-state index in [0.29, 0.717) is 6.61 Å². The van der Waals surface area contributed by atoms with Gasteiger partial charge in [0.25, 0.3) is 0 Å². The number of aliphatic imine (C=N–C) groups is 1. The van der Waals surface area contributed by atoms with E-state index in [2.05, 4.69) is 15.6 Å². The molecule has 0 amide bonds. The maximum absolute atomic E-state index is 5.38. The molecule has 0 saturated heterocycles. The summed E-state index contributed by atoms with van der Waals surface area (Å²) in [6.07, 6.45) is 0.805. The number of ether oxygens (including phenoxy) is 3. The van der Waals surface area contributed by atoms with Crippen molar-refractivity contribution in [2.24, 2.45) is 4.99 Å². The molecule has 1 aromatic carbocycles. The average molecular weight is 437 g/mol. The first-order valence-electron chi connectivity index (χ1n) is 7.31. The zero-order valence-electron chi connectivity index (χ0n) is 14.5. The number of hydrogen-bond donors (Lipinski definition) is 2. The van der Waals surface area contributed by atoms with E-state index in [0.717, 1.165) is 36.0 Å². The van der Waals surface area contributed by atoms with Crippen LogP contribution >= 0.6 is 24.0 Å². The van der Waals surface area contributed by atoms with Crippen LogP contribution < -0.4 is 20.1 Å². The van der Waals surface area contributed by atoms with Crippen LogP contribution in [0.15, 0.2) is 23.2 Å². The molecule has 2 N–H and O–H groups in total. The van der Waals surface area contributed by atoms with Gasteiger partial charge in [-0.3, -0.25) is 4.99 Å². The second-order valence-corrected chi connectivity index (χ2v) is 4.93. The summed E-state index contributed by atoms with van der Waals surface area (Å²) < 4.78 is 15.7. The van der Waals surface area contributed by atoms with Crippen LogP contribution in [0.25, 0.3) is 0 Å². The van der Waals surface area contributed by atoms with Gasteiger partial charge < -0.3 is 24.8 Å². The molecule has 6 nitrogen and oxygen atoms in total. The second kappa shape index (κ2) is 12.2. The summed E-state index contributed by atoms with van der Waals surface area (Å²) in [5.41, 5.74) is 1.09. The summed E-state index contributed by atoms with van der Waals surface area (Å²) >= 11 is 0. The molecular weight excluding hydrogens is 409 g/mol. The number of benzene rings is 1. The van der Waals surface area contributed by atoms with Crippen LogP contribution in [0.2, 0.25) is 0 Å². The van der Waals surface area contributed by atoms with Crippen LogP contribution in [0, 0.1) is 0 Å². The van der Waals surface area contributed by atoms with Crippen molar-refractivity contribution in [2.75, 3.05) is 41.5 Å². The molecule has 1 atom stereocenters. The van der Waals surface area contributed by atoms with Crippen LogP contribution in [-0.2, 0) is 11.2 Å². The zero-order valence-corrected chi connectivity index (χ0v) is 16.8. The monoisotopic (exact) mass is 437 g/mol. The standard InChI is InChI=1S/C16H27N3O3.HI/c1-12(11-20-3)19-16(17-2)18-9-8-13-10-14(21-4)6-7-15(13)22-5;/h6-7,10,12H,8-9,11H2,1-5H3,(H2,17,18,19);1H. The van der Waals surface area contributed by atoms with E-state index in [9.17, 15) is 0 Å². The van der Waals surface area contributed by atoms with Crippen LogP contribution in [0.1, 0.15) is 12.5 Å². The van der Waals surface area contributed by atoms with Crippen molar-refractivity contribution in [3.05, 3.63) is 23.8 Å². The van der Waals surface area contributed by atoms with E-state index in [4.69, 9.17) is 14.2 Å². The Balaban J connectivity index is 0.00000484. The number of nitrogens with one attached hydrogen (secondary N) is 2. The maximum atomic E-state index is 5.38. The van der Waals surface area contributed by atoms with Gasteiger partial charge in [-0.25, -0.2) is 0 Å². The lowest BCUT2D eigenvalue weighted by molar-refractivity contribution is 0.179. The van der Waals surface area contributed by atoms with Gasteiger partial charge in [0.2, 0.25) is 0 Å². The molecule has 23 heavy (non-hydrogen) atoms. The predicted octanol–water partition coefficient (Wildman–Crippen LogP) is 2.06. The quantitative estimate of drug-likeness (QED) is 0.371. The molecule has 0 aromatic heterocycles. The fourth-order valence-electron chi connectivity index (χ4n) is 2.11. The van der Waals surface area contributed by atoms with Gasteiger partial charge in [-0.1, -0.05) is 0 Å². The predicted molar refractivity (Wildman–Crippen MR) is 105 cm³/mol. The Kier molecular flexibility index (Phi) is 11.6. The third-order valence-corrected chi connectivity index (χ3v) is 3.20. The second-order valence-electron chi connectivity index (χ2n) is 4.93. The van der Waals surface area contributed by atoms with Crippen LogP contribution in [-0.4, -0.2) is 53.5 Å². The van der Waals surface area contributed by atoms with Gasteiger partial charge in [0.1, 0.15) is 11.5 Å². The molecule has 0 aliphatic heterocycles. The lowest BCUT2D eigenvalue weighted by atomic mass is 10.1. The third-order valence-electron chi connectivity index (χ3n) is 3.20. The Hall–Kier alpha value is -1.22. The summed E-state index contributed by atoms with van der Waals surface area (Å²) in [7, 11) is 6.77. The lowest BCUT2D eigenvalue weighted by Crippen LogP contribution is -2.44. The van der Waals surface area contributed by atoms with E-state index in [1.807, 2.05) is 25.1 Å². The summed E-state index contributed by atoms with van der Waals surface area (Å²) in [5.74, 6) is 2.44. The highest BCUT2D eigenvalue weighted by Crippen LogP contribution is 2.24. The fraction of sp³-hybridized carbons (Fsp3) is 0.562. The summed E-state index contributed by atoms with van der Waals surface area (Å²) in [4.78, 5) is 4.20. The summed E-state index contributed by atoms with van der Waals surface area (Å²) in [5, 5.41) is 6.55. The highest BCUT2D eigenvalue weighted by molar-refractivity contribution is 14.0. The number of halogens is 1. The van der Waals surface area contributed by atoms with E-state index in [1.165, 1.54) is 0 Å². The smallest absolute Gasteiger partial charge is 0.191 e. The summed E-state index contributed by atoms with van der Waals surface area (Å²) in [6.45, 7) is 3.41. The van der Waals surface area contributed by atoms with Crippen molar-refractivity contribution < 1.29 is 14.2 Å². The number of methoxy groups -OCH3 is 3. The molecule has 0 aliphatic carbocycles. The Morgan fingerprint density at radius 2 is 1.96 bits per heavy atom. The largest absolute Gasteiger partial charge is 0.497 e. The van der Waals surface area contributed by atoms with E-state index < -0.39 is 0 Å². The highest BCUT2D eigenvalue weighted by atomic mass is 127. The molecule has 0 fully saturated rings. The van der Waals surface area contributed by atoms with E-state index in [1.54, 1.807) is 28.4 Å². The topological polar surface area (TPSA) is 64.1 Å². The van der Waals surface area contributed by atoms with Gasteiger partial charge in [-0.05, 0) is 37.1 Å². The average Bonchev–Trinajstić information content (AvgIpc) is 2.53. The number of nitrogens with zero attached hydrogens (tertiary/aromatic N) is 1. The number of rotatable bonds is 8. The minimum Gasteiger partial charge on any atom is -0.497 e. The molecule has 0 saturated carbocycles. The van der Waals surface area contributed by atoms with Crippen LogP contribution in [0.5, 0.6) is 11.5 Å². The molecule has 0 bridgehead atoms. The van der Waals surface area contributed by atoms with Crippen molar-refractivity contribution in [3.63, 3.8) is 0 Å². The van der Waals surface area contributed by atoms with Gasteiger partial charge in [-0.15, -0.1) is 24.0 Å². The van der Waals surface area contributed by atoms with E-state index in [-0.39, 0.29) is 30.0 Å². The highest BCUT2D eigenvalue weighted by Gasteiger charge is 2.07. The first-order chi connectivity index (χ1) is 10.6. The minimum atomic E-state index is 0. The normalized spacial score (nSPS) is 12.1. The van der Waals surface area contributed by atoms with Crippen molar-refractivity contribution in [3.8, 4) is 11.5 Å². The molecule has 1 aromatic rings. The lowest BCUT2D eigenvalue weighted by Gasteiger charge is -2.17. The Morgan fingerprint density at radius 3 is 2.52 bits per heavy atom. The molecule has 0 heterocycles. The molecule has 132 valence electrons. The first kappa shape index (κ1) is 21.8. The van der Waals surface area contributed by atoms with Gasteiger partial charge in [0.05, 0.1) is 20.8 Å². The van der Waals surface area contributed by atoms with Gasteiger partial charge in [0.15, 0.2) is 5.96 Å². The maximum Gasteiger partial charge on any atom is 0.191 e. The summed E-state index contributed by atoms with van der Waals surface area (Å²) in [6, 6.07) is 6.00. The minimum absolute atomic E-state index is 0. The molecular formula is C16H28IN3O3. The van der Waals surface area contributed by atoms with Gasteiger partial charge in [-0.2, -0.15) is 0 Å². The molecule has 1 rings (SSSR count). The fourth-order valence-corrected chi connectivity index (χ4v) is 2.11. The van der Waals surface area contributed by atoms with Gasteiger partial charge >= 0.3 is 0 Å². The van der Waals surface area contributed by atoms with Crippen molar-refractivity contribution in [1.29, 1.82) is 0 Å². The Bertz CT molecular complexity index is 484. The van der Waals surface area contributed by atoms with E-state index >= 15 is 0 Å². The van der Waals surface area contributed by atoms with Crippen molar-refractivity contribution >= 4 is 29.9 Å². The molecule has 0 radical (unpaired) electrons. The van der Waals surface area contributed by atoms with Crippen molar-refractivity contribution in [2.45, 2.75) is 19.4 Å². The molecule has 7 heteroatoms.